The molecule has 2 N–H and O–H groups in total. The van der Waals surface area contributed by atoms with Gasteiger partial charge < -0.3 is 19.8 Å². The predicted molar refractivity (Wildman–Crippen MR) is 79.4 cm³/mol. The van der Waals surface area contributed by atoms with Crippen LogP contribution < -0.4 is 5.73 Å². The molecular weight excluding hydrogens is 252 g/mol. The lowest BCUT2D eigenvalue weighted by Gasteiger charge is -2.15. The molecule has 108 valence electrons. The van der Waals surface area contributed by atoms with Crippen molar-refractivity contribution in [1.29, 1.82) is 0 Å². The Morgan fingerprint density at radius 2 is 2.15 bits per heavy atom. The minimum Gasteiger partial charge on any atom is -0.458 e. The van der Waals surface area contributed by atoms with Crippen LogP contribution in [0.15, 0.2) is 28.7 Å². The van der Waals surface area contributed by atoms with Crippen LogP contribution in [0.25, 0.3) is 11.0 Å². The molecule has 1 fully saturated rings. The lowest BCUT2D eigenvalue weighted by molar-refractivity contribution is 0.0866. The summed E-state index contributed by atoms with van der Waals surface area (Å²) in [4.78, 5) is 2.36. The van der Waals surface area contributed by atoms with E-state index in [-0.39, 0.29) is 0 Å². The lowest BCUT2D eigenvalue weighted by atomic mass is 10.1. The van der Waals surface area contributed by atoms with Crippen LogP contribution in [-0.2, 0) is 17.9 Å². The summed E-state index contributed by atoms with van der Waals surface area (Å²) in [5.41, 5.74) is 7.79. The van der Waals surface area contributed by atoms with Crippen molar-refractivity contribution in [2.75, 3.05) is 20.2 Å². The summed E-state index contributed by atoms with van der Waals surface area (Å²) in [6, 6.07) is 8.78. The van der Waals surface area contributed by atoms with Gasteiger partial charge in [-0.2, -0.15) is 0 Å². The van der Waals surface area contributed by atoms with Gasteiger partial charge in [-0.25, -0.2) is 0 Å². The lowest BCUT2D eigenvalue weighted by Crippen LogP contribution is -2.25. The average Bonchev–Trinajstić information content (AvgIpc) is 3.25. The highest BCUT2D eigenvalue weighted by Gasteiger charge is 2.25. The molecule has 0 saturated heterocycles. The fourth-order valence-electron chi connectivity index (χ4n) is 2.56. The van der Waals surface area contributed by atoms with Gasteiger partial charge in [-0.1, -0.05) is 18.2 Å². The van der Waals surface area contributed by atoms with Crippen LogP contribution in [0.1, 0.15) is 24.2 Å². The van der Waals surface area contributed by atoms with Gasteiger partial charge in [0.05, 0.1) is 6.61 Å². The van der Waals surface area contributed by atoms with E-state index in [1.807, 2.05) is 24.3 Å². The van der Waals surface area contributed by atoms with Crippen LogP contribution in [0, 0.1) is 0 Å². The molecule has 2 aromatic rings. The van der Waals surface area contributed by atoms with Crippen LogP contribution in [-0.4, -0.2) is 31.1 Å². The fraction of sp³-hybridized carbons (Fsp3) is 0.500. The van der Waals surface area contributed by atoms with E-state index >= 15 is 0 Å². The summed E-state index contributed by atoms with van der Waals surface area (Å²) in [6.45, 7) is 2.69. The molecule has 1 aliphatic rings. The Hall–Kier alpha value is -1.36. The largest absolute Gasteiger partial charge is 0.458 e. The normalized spacial score (nSPS) is 15.3. The molecule has 1 aliphatic carbocycles. The van der Waals surface area contributed by atoms with Crippen molar-refractivity contribution in [3.8, 4) is 0 Å². The second-order valence-corrected chi connectivity index (χ2v) is 5.47. The van der Waals surface area contributed by atoms with Crippen molar-refractivity contribution in [3.05, 3.63) is 35.6 Å². The SMILES string of the molecule is CN(CCOCc1oc2ccccc2c1CN)C1CC1. The molecule has 3 rings (SSSR count). The van der Waals surface area contributed by atoms with E-state index in [1.54, 1.807) is 0 Å². The zero-order valence-electron chi connectivity index (χ0n) is 12.0. The number of furan rings is 1. The first-order valence-electron chi connectivity index (χ1n) is 7.27. The smallest absolute Gasteiger partial charge is 0.135 e. The van der Waals surface area contributed by atoms with Crippen molar-refractivity contribution in [2.45, 2.75) is 32.0 Å². The summed E-state index contributed by atoms with van der Waals surface area (Å²) in [7, 11) is 2.16. The molecule has 0 aliphatic heterocycles. The molecule has 0 spiro atoms. The van der Waals surface area contributed by atoms with E-state index < -0.39 is 0 Å². The monoisotopic (exact) mass is 274 g/mol. The Bertz CT molecular complexity index is 575. The molecule has 4 nitrogen and oxygen atoms in total. The summed E-state index contributed by atoms with van der Waals surface area (Å²) in [6.07, 6.45) is 2.66. The number of nitrogens with zero attached hydrogens (tertiary/aromatic N) is 1. The highest BCUT2D eigenvalue weighted by molar-refractivity contribution is 5.82. The molecule has 1 heterocycles. The van der Waals surface area contributed by atoms with E-state index in [0.717, 1.165) is 41.5 Å². The number of likely N-dealkylation sites (N-methyl/N-ethyl adjacent to an activating group) is 1. The van der Waals surface area contributed by atoms with Crippen molar-refractivity contribution in [3.63, 3.8) is 0 Å². The molecule has 1 saturated carbocycles. The third kappa shape index (κ3) is 2.87. The molecule has 0 bridgehead atoms. The van der Waals surface area contributed by atoms with Crippen molar-refractivity contribution < 1.29 is 9.15 Å². The van der Waals surface area contributed by atoms with Gasteiger partial charge in [0.2, 0.25) is 0 Å². The van der Waals surface area contributed by atoms with E-state index in [1.165, 1.54) is 12.8 Å². The second kappa shape index (κ2) is 5.95. The van der Waals surface area contributed by atoms with Crippen LogP contribution in [0.3, 0.4) is 0 Å². The van der Waals surface area contributed by atoms with Crippen LogP contribution >= 0.6 is 0 Å². The van der Waals surface area contributed by atoms with E-state index in [9.17, 15) is 0 Å². The van der Waals surface area contributed by atoms with Crippen LogP contribution in [0.5, 0.6) is 0 Å². The average molecular weight is 274 g/mol. The third-order valence-electron chi connectivity index (χ3n) is 3.98. The van der Waals surface area contributed by atoms with Crippen molar-refractivity contribution in [1.82, 2.24) is 4.90 Å². The maximum Gasteiger partial charge on any atom is 0.135 e. The highest BCUT2D eigenvalue weighted by atomic mass is 16.5. The standard InChI is InChI=1S/C16H22N2O2/c1-18(12-6-7-12)8-9-19-11-16-14(10-17)13-4-2-3-5-15(13)20-16/h2-5,12H,6-11,17H2,1H3. The maximum absolute atomic E-state index is 5.84. The minimum absolute atomic E-state index is 0.484. The van der Waals surface area contributed by atoms with Crippen LogP contribution in [0.2, 0.25) is 0 Å². The van der Waals surface area contributed by atoms with E-state index in [4.69, 9.17) is 14.9 Å². The van der Waals surface area contributed by atoms with Gasteiger partial charge in [0.25, 0.3) is 0 Å². The Labute approximate surface area is 119 Å². The molecule has 0 amide bonds. The van der Waals surface area contributed by atoms with Crippen LogP contribution in [0.4, 0.5) is 0 Å². The first kappa shape index (κ1) is 13.6. The Morgan fingerprint density at radius 1 is 1.35 bits per heavy atom. The molecule has 0 atom stereocenters. The number of fused-ring (bicyclic) bond motifs is 1. The van der Waals surface area contributed by atoms with Crippen molar-refractivity contribution in [2.24, 2.45) is 5.73 Å². The number of ether oxygens (including phenoxy) is 1. The zero-order chi connectivity index (χ0) is 13.9. The number of nitrogens with two attached hydrogens (primary N) is 1. The molecule has 20 heavy (non-hydrogen) atoms. The zero-order valence-corrected chi connectivity index (χ0v) is 12.0. The number of para-hydroxylation sites is 1. The van der Waals surface area contributed by atoms with Gasteiger partial charge in [-0.05, 0) is 26.0 Å². The number of hydrogen-bond donors (Lipinski definition) is 1. The van der Waals surface area contributed by atoms with Gasteiger partial charge in [-0.3, -0.25) is 0 Å². The number of benzene rings is 1. The Balaban J connectivity index is 1.59. The summed E-state index contributed by atoms with van der Waals surface area (Å²) in [5, 5.41) is 1.10. The molecular formula is C16H22N2O2. The first-order chi connectivity index (χ1) is 9.79. The molecule has 1 aromatic heterocycles. The minimum atomic E-state index is 0.484. The van der Waals surface area contributed by atoms with Gasteiger partial charge in [0, 0.05) is 30.1 Å². The topological polar surface area (TPSA) is 51.6 Å². The molecule has 1 aromatic carbocycles. The van der Waals surface area contributed by atoms with Gasteiger partial charge in [0.15, 0.2) is 0 Å². The number of rotatable bonds is 7. The van der Waals surface area contributed by atoms with E-state index in [0.29, 0.717) is 13.2 Å². The van der Waals surface area contributed by atoms with Gasteiger partial charge in [0.1, 0.15) is 18.0 Å². The van der Waals surface area contributed by atoms with Gasteiger partial charge >= 0.3 is 0 Å². The quantitative estimate of drug-likeness (QED) is 0.788. The summed E-state index contributed by atoms with van der Waals surface area (Å²) >= 11 is 0. The Morgan fingerprint density at radius 3 is 2.90 bits per heavy atom. The van der Waals surface area contributed by atoms with E-state index in [2.05, 4.69) is 11.9 Å². The Kier molecular flexibility index (Phi) is 4.05. The summed E-state index contributed by atoms with van der Waals surface area (Å²) in [5.74, 6) is 0.864. The van der Waals surface area contributed by atoms with Gasteiger partial charge in [-0.15, -0.1) is 0 Å². The first-order valence-corrected chi connectivity index (χ1v) is 7.27. The fourth-order valence-corrected chi connectivity index (χ4v) is 2.56. The molecule has 4 heteroatoms. The van der Waals surface area contributed by atoms with Crippen molar-refractivity contribution >= 4 is 11.0 Å². The second-order valence-electron chi connectivity index (χ2n) is 5.47. The summed E-state index contributed by atoms with van der Waals surface area (Å²) < 4.78 is 11.6. The third-order valence-corrected chi connectivity index (χ3v) is 3.98. The molecule has 0 unspecified atom stereocenters. The highest BCUT2D eigenvalue weighted by Crippen LogP contribution is 2.26. The molecule has 0 radical (unpaired) electrons. The number of hydrogen-bond acceptors (Lipinski definition) is 4. The maximum atomic E-state index is 5.84. The predicted octanol–water partition coefficient (Wildman–Crippen LogP) is 2.50.